The van der Waals surface area contributed by atoms with Crippen LogP contribution in [0.2, 0.25) is 0 Å². The summed E-state index contributed by atoms with van der Waals surface area (Å²) in [7, 11) is -4.39. The molecule has 0 aliphatic carbocycles. The molecule has 0 rings (SSSR count). The van der Waals surface area contributed by atoms with Crippen molar-refractivity contribution in [2.24, 2.45) is 5.73 Å². The molecule has 0 spiro atoms. The monoisotopic (exact) mass is 1280 g/mol. The van der Waals surface area contributed by atoms with E-state index >= 15 is 0 Å². The summed E-state index contributed by atoms with van der Waals surface area (Å²) in [6.45, 7) is 3.70. The largest absolute Gasteiger partial charge is 0.472 e. The van der Waals surface area contributed by atoms with Crippen molar-refractivity contribution in [3.8, 4) is 0 Å². The molecule has 2 unspecified atom stereocenters. The number of allylic oxidation sites excluding steroid dienone is 12. The van der Waals surface area contributed by atoms with Gasteiger partial charge in [-0.3, -0.25) is 18.6 Å². The van der Waals surface area contributed by atoms with E-state index in [-0.39, 0.29) is 38.6 Å². The van der Waals surface area contributed by atoms with Crippen molar-refractivity contribution >= 4 is 19.8 Å². The fourth-order valence-electron chi connectivity index (χ4n) is 11.6. The topological polar surface area (TPSA) is 134 Å². The average molecular weight is 1280 g/mol. The molecule has 0 fully saturated rings. The molecule has 0 bridgehead atoms. The summed E-state index contributed by atoms with van der Waals surface area (Å²) in [6.07, 6.45) is 100. The van der Waals surface area contributed by atoms with Crippen LogP contribution in [0.3, 0.4) is 0 Å². The van der Waals surface area contributed by atoms with E-state index in [4.69, 9.17) is 24.3 Å². The first-order valence-electron chi connectivity index (χ1n) is 38.9. The number of phosphoric acid groups is 1. The fraction of sp³-hybridized carbons (Fsp3) is 0.825. The second-order valence-electron chi connectivity index (χ2n) is 26.2. The zero-order valence-corrected chi connectivity index (χ0v) is 60.3. The van der Waals surface area contributed by atoms with Gasteiger partial charge in [-0.1, -0.05) is 389 Å². The number of carbonyl (C=O) groups is 2. The van der Waals surface area contributed by atoms with Crippen LogP contribution in [0.1, 0.15) is 393 Å². The Morgan fingerprint density at radius 1 is 0.344 bits per heavy atom. The minimum Gasteiger partial charge on any atom is -0.462 e. The molecule has 0 aliphatic rings. The molecular formula is C80H148NO8P. The maximum Gasteiger partial charge on any atom is 0.472 e. The SMILES string of the molecule is CC/C=C\C/C=C\C/C=C\C/C=C\C/C=C\C/C=C\CCCCCCCCCCCCCCCCCCCCCCC(=O)OC(COC(=O)CCCCCCCCCCCCCCCCCCCCCCCCCCCCCCCC)COP(=O)(O)OCCN. The molecule has 0 saturated carbocycles. The Hall–Kier alpha value is -2.55. The number of unbranched alkanes of at least 4 members (excludes halogenated alkanes) is 49. The predicted molar refractivity (Wildman–Crippen MR) is 390 cm³/mol. The smallest absolute Gasteiger partial charge is 0.462 e. The Kier molecular flexibility index (Phi) is 73.3. The lowest BCUT2D eigenvalue weighted by molar-refractivity contribution is -0.161. The fourth-order valence-corrected chi connectivity index (χ4v) is 12.4. The summed E-state index contributed by atoms with van der Waals surface area (Å²) in [5.41, 5.74) is 5.41. The maximum atomic E-state index is 12.8. The second-order valence-corrected chi connectivity index (χ2v) is 27.7. The number of carbonyl (C=O) groups excluding carboxylic acids is 2. The van der Waals surface area contributed by atoms with E-state index in [0.717, 1.165) is 70.6 Å². The summed E-state index contributed by atoms with van der Waals surface area (Å²) in [6, 6.07) is 0. The second kappa shape index (κ2) is 75.5. The number of hydrogen-bond acceptors (Lipinski definition) is 8. The number of nitrogens with two attached hydrogens (primary N) is 1. The standard InChI is InChI=1S/C80H148NO8P/c1-3-5-7-9-11-13-15-17-19-21-23-25-27-29-31-33-35-36-37-38-39-40-41-42-43-45-47-49-51-53-55-57-59-61-63-65-67-69-71-73-80(83)89-78(77-88-90(84,85)87-75-74-81)76-86-79(82)72-70-68-66-64-62-60-58-56-54-52-50-48-46-44-34-32-30-28-26-24-22-20-18-16-14-12-10-8-6-4-2/h5,7,11,13,17,19,23,25,29,31,35-36,78H,3-4,6,8-10,12,14-16,18,20-22,24,26-28,30,32-34,37-77,81H2,1-2H3,(H,84,85)/b7-5-,13-11-,19-17-,25-23-,31-29-,36-35-. The maximum absolute atomic E-state index is 12.8. The highest BCUT2D eigenvalue weighted by molar-refractivity contribution is 7.47. The zero-order valence-electron chi connectivity index (χ0n) is 59.4. The highest BCUT2D eigenvalue weighted by Gasteiger charge is 2.26. The van der Waals surface area contributed by atoms with E-state index in [1.807, 2.05) is 0 Å². The lowest BCUT2D eigenvalue weighted by Gasteiger charge is -2.19. The van der Waals surface area contributed by atoms with Gasteiger partial charge in [0.2, 0.25) is 0 Å². The summed E-state index contributed by atoms with van der Waals surface area (Å²) in [5, 5.41) is 0. The first kappa shape index (κ1) is 87.5. The minimum atomic E-state index is -4.39. The van der Waals surface area contributed by atoms with Gasteiger partial charge < -0.3 is 20.1 Å². The molecule has 10 heteroatoms. The van der Waals surface area contributed by atoms with Gasteiger partial charge >= 0.3 is 19.8 Å². The quantitative estimate of drug-likeness (QED) is 0.0264. The van der Waals surface area contributed by atoms with Crippen LogP contribution >= 0.6 is 7.82 Å². The highest BCUT2D eigenvalue weighted by Crippen LogP contribution is 2.43. The molecule has 0 saturated heterocycles. The lowest BCUT2D eigenvalue weighted by atomic mass is 10.0. The van der Waals surface area contributed by atoms with E-state index in [1.54, 1.807) is 0 Å². The Morgan fingerprint density at radius 2 is 0.611 bits per heavy atom. The van der Waals surface area contributed by atoms with Gasteiger partial charge in [-0.15, -0.1) is 0 Å². The summed E-state index contributed by atoms with van der Waals surface area (Å²) < 4.78 is 33.3. The van der Waals surface area contributed by atoms with E-state index in [0.29, 0.717) is 6.42 Å². The predicted octanol–water partition coefficient (Wildman–Crippen LogP) is 25.9. The molecule has 0 amide bonds. The van der Waals surface area contributed by atoms with Gasteiger partial charge in [-0.05, 0) is 64.2 Å². The van der Waals surface area contributed by atoms with Crippen LogP contribution in [0.4, 0.5) is 0 Å². The van der Waals surface area contributed by atoms with E-state index in [9.17, 15) is 19.0 Å². The number of ether oxygens (including phenoxy) is 2. The average Bonchev–Trinajstić information content (AvgIpc) is 3.75. The van der Waals surface area contributed by atoms with Crippen LogP contribution in [0.15, 0.2) is 72.9 Å². The number of esters is 2. The van der Waals surface area contributed by atoms with Gasteiger partial charge in [-0.2, -0.15) is 0 Å². The van der Waals surface area contributed by atoms with Crippen molar-refractivity contribution in [1.82, 2.24) is 0 Å². The van der Waals surface area contributed by atoms with Crippen LogP contribution in [0.25, 0.3) is 0 Å². The molecule has 0 radical (unpaired) electrons. The number of rotatable bonds is 74. The molecule has 0 aromatic carbocycles. The third-order valence-electron chi connectivity index (χ3n) is 17.4. The summed E-state index contributed by atoms with van der Waals surface area (Å²) in [5.74, 6) is -0.805. The van der Waals surface area contributed by atoms with Crippen molar-refractivity contribution in [3.05, 3.63) is 72.9 Å². The molecule has 9 nitrogen and oxygen atoms in total. The van der Waals surface area contributed by atoms with Crippen molar-refractivity contribution in [1.29, 1.82) is 0 Å². The highest BCUT2D eigenvalue weighted by atomic mass is 31.2. The normalized spacial score (nSPS) is 13.2. The van der Waals surface area contributed by atoms with Crippen LogP contribution < -0.4 is 5.73 Å². The first-order chi connectivity index (χ1) is 44.3. The van der Waals surface area contributed by atoms with Crippen molar-refractivity contribution in [2.75, 3.05) is 26.4 Å². The molecule has 0 aromatic rings. The van der Waals surface area contributed by atoms with Crippen molar-refractivity contribution < 1.29 is 37.6 Å². The number of hydrogen-bond donors (Lipinski definition) is 2. The molecule has 2 atom stereocenters. The Morgan fingerprint density at radius 3 is 0.911 bits per heavy atom. The molecule has 0 heterocycles. The van der Waals surface area contributed by atoms with Gasteiger partial charge in [0.1, 0.15) is 6.61 Å². The van der Waals surface area contributed by atoms with Crippen LogP contribution in [0.5, 0.6) is 0 Å². The van der Waals surface area contributed by atoms with Crippen molar-refractivity contribution in [3.63, 3.8) is 0 Å². The van der Waals surface area contributed by atoms with Gasteiger partial charge in [0.05, 0.1) is 13.2 Å². The van der Waals surface area contributed by atoms with Gasteiger partial charge in [0.15, 0.2) is 6.10 Å². The summed E-state index contributed by atoms with van der Waals surface area (Å²) >= 11 is 0. The Bertz CT molecular complexity index is 1710. The summed E-state index contributed by atoms with van der Waals surface area (Å²) in [4.78, 5) is 35.4. The third-order valence-corrected chi connectivity index (χ3v) is 18.3. The van der Waals surface area contributed by atoms with E-state index < -0.39 is 26.5 Å². The molecule has 90 heavy (non-hydrogen) atoms. The minimum absolute atomic E-state index is 0.0550. The number of phosphoric ester groups is 1. The Balaban J connectivity index is 3.78. The van der Waals surface area contributed by atoms with Crippen LogP contribution in [-0.4, -0.2) is 49.3 Å². The van der Waals surface area contributed by atoms with Crippen LogP contribution in [0, 0.1) is 0 Å². The van der Waals surface area contributed by atoms with Gasteiger partial charge in [0, 0.05) is 19.4 Å². The lowest BCUT2D eigenvalue weighted by Crippen LogP contribution is -2.29. The zero-order chi connectivity index (χ0) is 65.1. The molecular weight excluding hydrogens is 1130 g/mol. The molecule has 0 aliphatic heterocycles. The van der Waals surface area contributed by atoms with E-state index in [2.05, 4.69) is 86.8 Å². The Labute approximate surface area is 558 Å². The third kappa shape index (κ3) is 74.5. The van der Waals surface area contributed by atoms with Gasteiger partial charge in [-0.25, -0.2) is 4.57 Å². The molecule has 0 aromatic heterocycles. The van der Waals surface area contributed by atoms with E-state index in [1.165, 1.54) is 289 Å². The van der Waals surface area contributed by atoms with Crippen LogP contribution in [-0.2, 0) is 32.7 Å². The molecule has 526 valence electrons. The molecule has 3 N–H and O–H groups in total. The van der Waals surface area contributed by atoms with Gasteiger partial charge in [0.25, 0.3) is 0 Å². The first-order valence-corrected chi connectivity index (χ1v) is 40.4. The van der Waals surface area contributed by atoms with Crippen molar-refractivity contribution in [2.45, 2.75) is 399 Å².